The summed E-state index contributed by atoms with van der Waals surface area (Å²) in [7, 11) is -3.77. The van der Waals surface area contributed by atoms with E-state index >= 15 is 0 Å². The monoisotopic (exact) mass is 428 g/mol. The van der Waals surface area contributed by atoms with E-state index in [1.54, 1.807) is 16.4 Å². The molecule has 3 aromatic carbocycles. The lowest BCUT2D eigenvalue weighted by Crippen LogP contribution is -2.35. The van der Waals surface area contributed by atoms with E-state index in [-0.39, 0.29) is 0 Å². The number of hydrogen-bond acceptors (Lipinski definition) is 2. The highest BCUT2D eigenvalue weighted by Gasteiger charge is 2.38. The summed E-state index contributed by atoms with van der Waals surface area (Å²) >= 11 is 0. The van der Waals surface area contributed by atoms with Crippen molar-refractivity contribution in [3.05, 3.63) is 119 Å². The zero-order chi connectivity index (χ0) is 21.6. The van der Waals surface area contributed by atoms with Crippen LogP contribution in [-0.4, -0.2) is 17.3 Å². The second kappa shape index (κ2) is 7.52. The summed E-state index contributed by atoms with van der Waals surface area (Å²) in [5.74, 6) is 0. The van der Waals surface area contributed by atoms with Crippen LogP contribution in [0.3, 0.4) is 0 Å². The van der Waals surface area contributed by atoms with E-state index in [4.69, 9.17) is 0 Å². The molecule has 0 spiro atoms. The van der Waals surface area contributed by atoms with E-state index in [1.165, 1.54) is 0 Å². The molecule has 0 N–H and O–H groups in total. The fourth-order valence-corrected chi connectivity index (χ4v) is 6.20. The molecule has 5 heteroatoms. The Morgan fingerprint density at radius 1 is 0.806 bits per heavy atom. The quantitative estimate of drug-likeness (QED) is 0.439. The zero-order valence-electron chi connectivity index (χ0n) is 17.6. The molecule has 1 aromatic heterocycles. The van der Waals surface area contributed by atoms with Crippen LogP contribution in [0.5, 0.6) is 0 Å². The van der Waals surface area contributed by atoms with E-state index in [0.29, 0.717) is 11.4 Å². The Balaban J connectivity index is 1.79. The number of aryl methyl sites for hydroxylation is 2. The summed E-state index contributed by atoms with van der Waals surface area (Å²) in [6, 6.07) is 26.9. The average Bonchev–Trinajstić information content (AvgIpc) is 3.19. The number of rotatable bonds is 3. The van der Waals surface area contributed by atoms with Gasteiger partial charge in [0, 0.05) is 24.1 Å². The molecule has 0 aliphatic carbocycles. The third-order valence-corrected chi connectivity index (χ3v) is 7.97. The number of sulfonamides is 1. The molecule has 4 aromatic rings. The largest absolute Gasteiger partial charge is 0.319 e. The topological polar surface area (TPSA) is 42.3 Å². The summed E-state index contributed by atoms with van der Waals surface area (Å²) in [5.41, 5.74) is 5.78. The molecule has 0 amide bonds. The average molecular weight is 429 g/mol. The molecular formula is C26H24N2O2S. The van der Waals surface area contributed by atoms with Gasteiger partial charge in [-0.3, -0.25) is 0 Å². The lowest BCUT2D eigenvalue weighted by atomic mass is 10.0. The van der Waals surface area contributed by atoms with Crippen molar-refractivity contribution in [3.8, 4) is 5.69 Å². The molecule has 156 valence electrons. The first-order valence-electron chi connectivity index (χ1n) is 10.4. The molecule has 1 atom stereocenters. The van der Waals surface area contributed by atoms with Gasteiger partial charge in [0.05, 0.1) is 10.9 Å². The maximum absolute atomic E-state index is 14.1. The third-order valence-electron chi connectivity index (χ3n) is 6.00. The zero-order valence-corrected chi connectivity index (χ0v) is 18.4. The first kappa shape index (κ1) is 19.8. The van der Waals surface area contributed by atoms with Gasteiger partial charge in [-0.15, -0.1) is 0 Å². The number of aromatic nitrogens is 1. The summed E-state index contributed by atoms with van der Waals surface area (Å²) in [5, 5.41) is 0. The predicted molar refractivity (Wildman–Crippen MR) is 123 cm³/mol. The van der Waals surface area contributed by atoms with Gasteiger partial charge in [-0.05, 0) is 54.8 Å². The summed E-state index contributed by atoms with van der Waals surface area (Å²) < 4.78 is 31.9. The fourth-order valence-electron chi connectivity index (χ4n) is 4.40. The molecule has 31 heavy (non-hydrogen) atoms. The van der Waals surface area contributed by atoms with Crippen molar-refractivity contribution in [3.63, 3.8) is 0 Å². The number of benzene rings is 3. The minimum Gasteiger partial charge on any atom is -0.319 e. The number of para-hydroxylation sites is 1. The number of nitrogens with zero attached hydrogens (tertiary/aromatic N) is 2. The lowest BCUT2D eigenvalue weighted by molar-refractivity contribution is 0.353. The Morgan fingerprint density at radius 3 is 2.29 bits per heavy atom. The minimum atomic E-state index is -3.77. The molecule has 0 saturated carbocycles. The van der Waals surface area contributed by atoms with Crippen LogP contribution in [0.1, 0.15) is 34.0 Å². The van der Waals surface area contributed by atoms with Gasteiger partial charge >= 0.3 is 0 Å². The van der Waals surface area contributed by atoms with Crippen molar-refractivity contribution >= 4 is 10.0 Å². The first-order chi connectivity index (χ1) is 15.0. The fraction of sp³-hybridized carbons (Fsp3) is 0.154. The Labute approximate surface area is 183 Å². The van der Waals surface area contributed by atoms with E-state index in [9.17, 15) is 8.42 Å². The van der Waals surface area contributed by atoms with Gasteiger partial charge in [-0.25, -0.2) is 8.42 Å². The van der Waals surface area contributed by atoms with Crippen molar-refractivity contribution in [1.82, 2.24) is 8.87 Å². The SMILES string of the molecule is Cc1ccc([C@H]2c3cccn3-c3ccccc3CN2S(=O)(=O)c2ccccc2C)cc1. The van der Waals surface area contributed by atoms with Crippen molar-refractivity contribution in [2.75, 3.05) is 0 Å². The van der Waals surface area contributed by atoms with E-state index < -0.39 is 16.1 Å². The molecule has 2 heterocycles. The summed E-state index contributed by atoms with van der Waals surface area (Å²) in [4.78, 5) is 0.351. The Hall–Kier alpha value is -3.15. The minimum absolute atomic E-state index is 0.299. The van der Waals surface area contributed by atoms with Crippen LogP contribution in [0.2, 0.25) is 0 Å². The van der Waals surface area contributed by atoms with Crippen LogP contribution in [0.15, 0.2) is 96.0 Å². The van der Waals surface area contributed by atoms with Gasteiger partial charge in [0.15, 0.2) is 0 Å². The van der Waals surface area contributed by atoms with Crippen LogP contribution >= 0.6 is 0 Å². The number of hydrogen-bond donors (Lipinski definition) is 0. The van der Waals surface area contributed by atoms with Gasteiger partial charge in [-0.1, -0.05) is 66.2 Å². The van der Waals surface area contributed by atoms with Gasteiger partial charge in [0.25, 0.3) is 0 Å². The van der Waals surface area contributed by atoms with Crippen molar-refractivity contribution in [1.29, 1.82) is 0 Å². The first-order valence-corrected chi connectivity index (χ1v) is 11.8. The summed E-state index contributed by atoms with van der Waals surface area (Å²) in [6.45, 7) is 4.19. The molecule has 1 aliphatic rings. The Bertz CT molecular complexity index is 1350. The van der Waals surface area contributed by atoms with Crippen molar-refractivity contribution in [2.45, 2.75) is 31.3 Å². The molecule has 0 radical (unpaired) electrons. The molecule has 4 nitrogen and oxygen atoms in total. The molecule has 0 fully saturated rings. The van der Waals surface area contributed by atoms with E-state index in [0.717, 1.165) is 33.6 Å². The predicted octanol–water partition coefficient (Wildman–Crippen LogP) is 5.39. The van der Waals surface area contributed by atoms with Gasteiger partial charge in [0.2, 0.25) is 10.0 Å². The van der Waals surface area contributed by atoms with E-state index in [1.807, 2.05) is 86.8 Å². The summed E-state index contributed by atoms with van der Waals surface area (Å²) in [6.07, 6.45) is 2.01. The second-order valence-corrected chi connectivity index (χ2v) is 9.92. The maximum Gasteiger partial charge on any atom is 0.244 e. The second-order valence-electron chi connectivity index (χ2n) is 8.06. The van der Waals surface area contributed by atoms with Crippen molar-refractivity contribution < 1.29 is 8.42 Å². The lowest BCUT2D eigenvalue weighted by Gasteiger charge is -2.30. The molecule has 0 unspecified atom stereocenters. The van der Waals surface area contributed by atoms with Gasteiger partial charge in [-0.2, -0.15) is 4.31 Å². The smallest absolute Gasteiger partial charge is 0.244 e. The Kier molecular flexibility index (Phi) is 4.80. The van der Waals surface area contributed by atoms with Crippen LogP contribution in [0.4, 0.5) is 0 Å². The normalized spacial score (nSPS) is 16.4. The van der Waals surface area contributed by atoms with Crippen LogP contribution < -0.4 is 0 Å². The molecule has 1 aliphatic heterocycles. The van der Waals surface area contributed by atoms with Crippen LogP contribution in [0, 0.1) is 13.8 Å². The maximum atomic E-state index is 14.1. The highest BCUT2D eigenvalue weighted by atomic mass is 32.2. The molecule has 5 rings (SSSR count). The molecular weight excluding hydrogens is 404 g/mol. The number of fused-ring (bicyclic) bond motifs is 3. The van der Waals surface area contributed by atoms with Gasteiger partial charge in [0.1, 0.15) is 0 Å². The van der Waals surface area contributed by atoms with Crippen LogP contribution in [-0.2, 0) is 16.6 Å². The molecule has 0 saturated heterocycles. The van der Waals surface area contributed by atoms with Crippen molar-refractivity contribution in [2.24, 2.45) is 0 Å². The molecule has 0 bridgehead atoms. The third kappa shape index (κ3) is 3.30. The highest BCUT2D eigenvalue weighted by molar-refractivity contribution is 7.89. The van der Waals surface area contributed by atoms with Crippen LogP contribution in [0.25, 0.3) is 5.69 Å². The highest BCUT2D eigenvalue weighted by Crippen LogP contribution is 2.40. The van der Waals surface area contributed by atoms with Gasteiger partial charge < -0.3 is 4.57 Å². The Morgan fingerprint density at radius 2 is 1.52 bits per heavy atom. The van der Waals surface area contributed by atoms with E-state index in [2.05, 4.69) is 10.6 Å². The standard InChI is InChI=1S/C26H24N2O2S/c1-19-13-15-21(16-14-19)26-24-11-7-17-27(24)23-10-5-4-9-22(23)18-28(26)31(29,30)25-12-6-3-8-20(25)2/h3-17,26H,18H2,1-2H3/t26-/m0/s1.